The number of methoxy groups -OCH3 is 3. The summed E-state index contributed by atoms with van der Waals surface area (Å²) in [6.45, 7) is 3.69. The highest BCUT2D eigenvalue weighted by molar-refractivity contribution is 5.95. The molecule has 8 nitrogen and oxygen atoms in total. The van der Waals surface area contributed by atoms with E-state index < -0.39 is 0 Å². The number of carboxylic acid groups (broad SMARTS) is 1. The Morgan fingerprint density at radius 3 is 2.23 bits per heavy atom. The number of carbonyl (C=O) groups is 2. The molecule has 0 saturated carbocycles. The molecule has 0 spiro atoms. The van der Waals surface area contributed by atoms with Gasteiger partial charge in [0.2, 0.25) is 11.7 Å². The molecule has 2 aromatic rings. The molecule has 8 heteroatoms. The van der Waals surface area contributed by atoms with Crippen LogP contribution in [0, 0.1) is 0 Å². The monoisotopic (exact) mass is 417 g/mol. The lowest BCUT2D eigenvalue weighted by atomic mass is 9.84. The molecule has 30 heavy (non-hydrogen) atoms. The van der Waals surface area contributed by atoms with Crippen molar-refractivity contribution < 1.29 is 33.6 Å². The number of benzene rings is 2. The molecule has 1 amide bonds. The topological polar surface area (TPSA) is 103 Å². The van der Waals surface area contributed by atoms with Gasteiger partial charge in [0, 0.05) is 29.7 Å². The summed E-state index contributed by atoms with van der Waals surface area (Å²) < 4.78 is 22.2. The first-order valence-electron chi connectivity index (χ1n) is 9.37. The second-order valence-corrected chi connectivity index (χ2v) is 6.75. The third-order valence-corrected chi connectivity index (χ3v) is 4.55. The van der Waals surface area contributed by atoms with Gasteiger partial charge in [-0.05, 0) is 31.5 Å². The molecule has 162 valence electrons. The standard InChI is InChI=1S/C21H25NO5.CH2O2/c1-12(2)27-13-6-7-14-16(11-19(23)22-17(14)10-13)15-8-9-18(24-3)21(26-5)20(15)25-4;2-1-3/h6-10,12,16H,11H2,1-5H3,(H,22,23);1H,(H,2,3). The fourth-order valence-electron chi connectivity index (χ4n) is 3.47. The van der Waals surface area contributed by atoms with E-state index in [0.717, 1.165) is 22.6 Å². The Hall–Kier alpha value is -3.42. The largest absolute Gasteiger partial charge is 0.493 e. The van der Waals surface area contributed by atoms with Gasteiger partial charge in [-0.1, -0.05) is 12.1 Å². The molecule has 1 aliphatic rings. The van der Waals surface area contributed by atoms with Crippen molar-refractivity contribution in [1.29, 1.82) is 0 Å². The van der Waals surface area contributed by atoms with Crippen LogP contribution in [0.4, 0.5) is 5.69 Å². The van der Waals surface area contributed by atoms with Crippen LogP contribution in [0.5, 0.6) is 23.0 Å². The van der Waals surface area contributed by atoms with Crippen LogP contribution < -0.4 is 24.3 Å². The first-order valence-corrected chi connectivity index (χ1v) is 9.37. The lowest BCUT2D eigenvalue weighted by Gasteiger charge is -2.28. The number of fused-ring (bicyclic) bond motifs is 1. The maximum atomic E-state index is 12.4. The minimum absolute atomic E-state index is 0.0500. The van der Waals surface area contributed by atoms with Crippen LogP contribution in [-0.2, 0) is 9.59 Å². The highest BCUT2D eigenvalue weighted by atomic mass is 16.5. The van der Waals surface area contributed by atoms with E-state index >= 15 is 0 Å². The molecular weight excluding hydrogens is 390 g/mol. The van der Waals surface area contributed by atoms with Crippen molar-refractivity contribution >= 4 is 18.1 Å². The highest BCUT2D eigenvalue weighted by Gasteiger charge is 2.31. The number of carbonyl (C=O) groups excluding carboxylic acids is 1. The van der Waals surface area contributed by atoms with Crippen molar-refractivity contribution in [2.45, 2.75) is 32.3 Å². The van der Waals surface area contributed by atoms with E-state index in [4.69, 9.17) is 28.8 Å². The SMILES string of the molecule is COc1ccc(C2CC(=O)Nc3cc(OC(C)C)ccc32)c(OC)c1OC.O=CO. The molecule has 0 saturated heterocycles. The van der Waals surface area contributed by atoms with E-state index in [0.29, 0.717) is 23.7 Å². The summed E-state index contributed by atoms with van der Waals surface area (Å²) in [5.74, 6) is 2.20. The van der Waals surface area contributed by atoms with E-state index in [9.17, 15) is 4.79 Å². The van der Waals surface area contributed by atoms with Gasteiger partial charge in [-0.25, -0.2) is 0 Å². The molecule has 0 bridgehead atoms. The van der Waals surface area contributed by atoms with Crippen molar-refractivity contribution in [3.8, 4) is 23.0 Å². The summed E-state index contributed by atoms with van der Waals surface area (Å²) in [5.41, 5.74) is 2.64. The number of anilines is 1. The lowest BCUT2D eigenvalue weighted by Crippen LogP contribution is -2.24. The van der Waals surface area contributed by atoms with Crippen LogP contribution in [0.25, 0.3) is 0 Å². The quantitative estimate of drug-likeness (QED) is 0.691. The summed E-state index contributed by atoms with van der Waals surface area (Å²) in [4.78, 5) is 20.7. The van der Waals surface area contributed by atoms with E-state index in [1.165, 1.54) is 0 Å². The normalized spacial score (nSPS) is 14.6. The van der Waals surface area contributed by atoms with Crippen LogP contribution in [0.3, 0.4) is 0 Å². The summed E-state index contributed by atoms with van der Waals surface area (Å²) in [5, 5.41) is 9.84. The Kier molecular flexibility index (Phi) is 7.91. The molecule has 1 unspecified atom stereocenters. The van der Waals surface area contributed by atoms with Gasteiger partial charge >= 0.3 is 0 Å². The number of hydrogen-bond donors (Lipinski definition) is 2. The molecule has 2 N–H and O–H groups in total. The van der Waals surface area contributed by atoms with Gasteiger partial charge in [0.15, 0.2) is 11.5 Å². The van der Waals surface area contributed by atoms with E-state index in [1.54, 1.807) is 21.3 Å². The smallest absolute Gasteiger partial charge is 0.290 e. The van der Waals surface area contributed by atoms with Crippen LogP contribution in [0.15, 0.2) is 30.3 Å². The van der Waals surface area contributed by atoms with Crippen LogP contribution >= 0.6 is 0 Å². The number of rotatable bonds is 6. The zero-order valence-electron chi connectivity index (χ0n) is 17.7. The second kappa shape index (κ2) is 10.4. The minimum atomic E-state index is -0.250. The molecule has 3 rings (SSSR count). The Labute approximate surface area is 175 Å². The predicted octanol–water partition coefficient (Wildman–Crippen LogP) is 3.67. The van der Waals surface area contributed by atoms with Gasteiger partial charge in [0.1, 0.15) is 5.75 Å². The fourth-order valence-corrected chi connectivity index (χ4v) is 3.47. The van der Waals surface area contributed by atoms with Gasteiger partial charge in [0.05, 0.1) is 27.4 Å². The Morgan fingerprint density at radius 1 is 1.03 bits per heavy atom. The van der Waals surface area contributed by atoms with E-state index in [-0.39, 0.29) is 24.4 Å². The minimum Gasteiger partial charge on any atom is -0.493 e. The summed E-state index contributed by atoms with van der Waals surface area (Å²) in [6, 6.07) is 9.54. The first-order chi connectivity index (χ1) is 14.4. The van der Waals surface area contributed by atoms with Crippen molar-refractivity contribution in [2.24, 2.45) is 0 Å². The molecule has 1 heterocycles. The Bertz CT molecular complexity index is 895. The fraction of sp³-hybridized carbons (Fsp3) is 0.364. The molecule has 0 aliphatic carbocycles. The Balaban J connectivity index is 0.00000101. The third kappa shape index (κ3) is 4.94. The van der Waals surface area contributed by atoms with Crippen LogP contribution in [0.2, 0.25) is 0 Å². The van der Waals surface area contributed by atoms with Gasteiger partial charge in [-0.2, -0.15) is 0 Å². The molecule has 0 radical (unpaired) electrons. The first kappa shape index (κ1) is 22.9. The average molecular weight is 417 g/mol. The van der Waals surface area contributed by atoms with Crippen molar-refractivity contribution in [3.05, 3.63) is 41.5 Å². The molecule has 1 aliphatic heterocycles. The number of amides is 1. The zero-order valence-corrected chi connectivity index (χ0v) is 17.7. The van der Waals surface area contributed by atoms with Crippen molar-refractivity contribution in [1.82, 2.24) is 0 Å². The maximum absolute atomic E-state index is 12.4. The lowest BCUT2D eigenvalue weighted by molar-refractivity contribution is -0.123. The highest BCUT2D eigenvalue weighted by Crippen LogP contribution is 2.47. The summed E-state index contributed by atoms with van der Waals surface area (Å²) >= 11 is 0. The van der Waals surface area contributed by atoms with Gasteiger partial charge in [-0.3, -0.25) is 9.59 Å². The van der Waals surface area contributed by atoms with Gasteiger partial charge in [-0.15, -0.1) is 0 Å². The number of hydrogen-bond acceptors (Lipinski definition) is 6. The van der Waals surface area contributed by atoms with Gasteiger partial charge < -0.3 is 29.4 Å². The third-order valence-electron chi connectivity index (χ3n) is 4.55. The molecule has 0 aromatic heterocycles. The molecule has 2 aromatic carbocycles. The average Bonchev–Trinajstić information content (AvgIpc) is 2.71. The van der Waals surface area contributed by atoms with Crippen molar-refractivity contribution in [2.75, 3.05) is 26.6 Å². The number of nitrogens with one attached hydrogen (secondary N) is 1. The summed E-state index contributed by atoms with van der Waals surface area (Å²) in [6.07, 6.45) is 0.382. The maximum Gasteiger partial charge on any atom is 0.290 e. The van der Waals surface area contributed by atoms with Gasteiger partial charge in [0.25, 0.3) is 6.47 Å². The van der Waals surface area contributed by atoms with E-state index in [1.807, 2.05) is 44.2 Å². The van der Waals surface area contributed by atoms with Crippen LogP contribution in [0.1, 0.15) is 37.3 Å². The second-order valence-electron chi connectivity index (χ2n) is 6.75. The zero-order chi connectivity index (χ0) is 22.3. The predicted molar refractivity (Wildman–Crippen MR) is 112 cm³/mol. The van der Waals surface area contributed by atoms with Crippen molar-refractivity contribution in [3.63, 3.8) is 0 Å². The molecule has 0 fully saturated rings. The van der Waals surface area contributed by atoms with E-state index in [2.05, 4.69) is 5.32 Å². The number of ether oxygens (including phenoxy) is 4. The van der Waals surface area contributed by atoms with Crippen LogP contribution in [-0.4, -0.2) is 44.9 Å². The molecule has 1 atom stereocenters. The summed E-state index contributed by atoms with van der Waals surface area (Å²) in [7, 11) is 4.74. The Morgan fingerprint density at radius 2 is 1.67 bits per heavy atom. The molecular formula is C22H27NO7.